The van der Waals surface area contributed by atoms with E-state index in [0.29, 0.717) is 24.4 Å². The van der Waals surface area contributed by atoms with Gasteiger partial charge >= 0.3 is 0 Å². The van der Waals surface area contributed by atoms with E-state index in [9.17, 15) is 14.4 Å². The zero-order chi connectivity index (χ0) is 21.9. The molecule has 0 aliphatic carbocycles. The number of ketones is 1. The largest absolute Gasteiger partial charge is 0.497 e. The van der Waals surface area contributed by atoms with Crippen LogP contribution in [-0.2, 0) is 20.8 Å². The number of nitrogens with one attached hydrogen (secondary N) is 2. The van der Waals surface area contributed by atoms with Crippen molar-refractivity contribution in [2.75, 3.05) is 32.1 Å². The monoisotopic (exact) mass is 411 g/mol. The van der Waals surface area contributed by atoms with Crippen LogP contribution in [0.4, 0.5) is 5.69 Å². The number of carbonyl (C=O) groups excluding carboxylic acids is 3. The van der Waals surface area contributed by atoms with Gasteiger partial charge < -0.3 is 15.4 Å². The van der Waals surface area contributed by atoms with E-state index in [1.54, 1.807) is 36.3 Å². The van der Waals surface area contributed by atoms with Gasteiger partial charge in [0.25, 0.3) is 0 Å². The minimum Gasteiger partial charge on any atom is -0.497 e. The summed E-state index contributed by atoms with van der Waals surface area (Å²) in [6.45, 7) is 3.94. The van der Waals surface area contributed by atoms with Gasteiger partial charge in [-0.25, -0.2) is 0 Å². The van der Waals surface area contributed by atoms with E-state index in [1.807, 2.05) is 37.3 Å². The van der Waals surface area contributed by atoms with Gasteiger partial charge in [-0.1, -0.05) is 43.3 Å². The Hall–Kier alpha value is -3.19. The maximum absolute atomic E-state index is 12.5. The van der Waals surface area contributed by atoms with Gasteiger partial charge in [0.15, 0.2) is 5.78 Å². The van der Waals surface area contributed by atoms with Crippen LogP contribution >= 0.6 is 0 Å². The zero-order valence-electron chi connectivity index (χ0n) is 17.7. The van der Waals surface area contributed by atoms with Crippen LogP contribution in [-0.4, -0.2) is 55.3 Å². The van der Waals surface area contributed by atoms with Gasteiger partial charge in [-0.05, 0) is 37.6 Å². The molecule has 0 fully saturated rings. The molecule has 2 rings (SSSR count). The zero-order valence-corrected chi connectivity index (χ0v) is 17.7. The Labute approximate surface area is 177 Å². The molecule has 0 saturated heterocycles. The molecule has 0 saturated carbocycles. The normalized spacial score (nSPS) is 11.6. The number of benzene rings is 2. The summed E-state index contributed by atoms with van der Waals surface area (Å²) in [6.07, 6.45) is 0.435. The molecule has 0 aliphatic heterocycles. The predicted molar refractivity (Wildman–Crippen MR) is 116 cm³/mol. The lowest BCUT2D eigenvalue weighted by atomic mass is 10.0. The Kier molecular flexibility index (Phi) is 9.03. The van der Waals surface area contributed by atoms with Crippen molar-refractivity contribution in [2.24, 2.45) is 0 Å². The average Bonchev–Trinajstić information content (AvgIpc) is 2.73. The van der Waals surface area contributed by atoms with Gasteiger partial charge in [-0.3, -0.25) is 19.3 Å². The fourth-order valence-electron chi connectivity index (χ4n) is 2.97. The van der Waals surface area contributed by atoms with Gasteiger partial charge in [0.1, 0.15) is 5.75 Å². The van der Waals surface area contributed by atoms with E-state index in [0.717, 1.165) is 5.56 Å². The quantitative estimate of drug-likeness (QED) is 0.592. The van der Waals surface area contributed by atoms with Crippen molar-refractivity contribution in [3.05, 3.63) is 60.2 Å². The second kappa shape index (κ2) is 11.7. The van der Waals surface area contributed by atoms with Gasteiger partial charge in [0, 0.05) is 11.8 Å². The number of amides is 2. The summed E-state index contributed by atoms with van der Waals surface area (Å²) >= 11 is 0. The number of hydrogen-bond acceptors (Lipinski definition) is 5. The number of ether oxygens (including phenoxy) is 1. The molecule has 2 N–H and O–H groups in total. The van der Waals surface area contributed by atoms with Crippen LogP contribution in [0, 0.1) is 0 Å². The van der Waals surface area contributed by atoms with Crippen LogP contribution in [0.15, 0.2) is 54.6 Å². The molecule has 0 heterocycles. The molecule has 30 heavy (non-hydrogen) atoms. The van der Waals surface area contributed by atoms with Crippen molar-refractivity contribution < 1.29 is 19.1 Å². The van der Waals surface area contributed by atoms with E-state index in [4.69, 9.17) is 4.74 Å². The topological polar surface area (TPSA) is 87.7 Å². The van der Waals surface area contributed by atoms with Crippen LogP contribution in [0.25, 0.3) is 0 Å². The first-order valence-corrected chi connectivity index (χ1v) is 9.91. The van der Waals surface area contributed by atoms with Crippen molar-refractivity contribution in [1.29, 1.82) is 0 Å². The van der Waals surface area contributed by atoms with Gasteiger partial charge in [0.05, 0.1) is 26.2 Å². The molecule has 0 bridgehead atoms. The molecule has 7 heteroatoms. The third kappa shape index (κ3) is 7.67. The Morgan fingerprint density at radius 2 is 1.70 bits per heavy atom. The first-order valence-electron chi connectivity index (χ1n) is 9.91. The van der Waals surface area contributed by atoms with E-state index in [-0.39, 0.29) is 30.7 Å². The summed E-state index contributed by atoms with van der Waals surface area (Å²) in [5.41, 5.74) is 1.60. The summed E-state index contributed by atoms with van der Waals surface area (Å²) in [6, 6.07) is 16.0. The molecule has 0 spiro atoms. The minimum atomic E-state index is -0.593. The van der Waals surface area contributed by atoms with Crippen LogP contribution in [0.2, 0.25) is 0 Å². The van der Waals surface area contributed by atoms with E-state index in [1.165, 1.54) is 6.92 Å². The average molecular weight is 412 g/mol. The molecular formula is C23H29N3O4. The molecule has 0 radical (unpaired) electrons. The Bertz CT molecular complexity index is 855. The number of likely N-dealkylation sites (N-methyl/N-ethyl adjacent to an activating group) is 1. The Morgan fingerprint density at radius 1 is 1.00 bits per heavy atom. The van der Waals surface area contributed by atoms with Gasteiger partial charge in [-0.15, -0.1) is 0 Å². The molecule has 1 unspecified atom stereocenters. The van der Waals surface area contributed by atoms with Crippen LogP contribution in [0.1, 0.15) is 19.4 Å². The predicted octanol–water partition coefficient (Wildman–Crippen LogP) is 2.27. The maximum atomic E-state index is 12.5. The van der Waals surface area contributed by atoms with Crippen molar-refractivity contribution >= 4 is 23.3 Å². The first-order chi connectivity index (χ1) is 14.4. The second-order valence-corrected chi connectivity index (χ2v) is 7.00. The maximum Gasteiger partial charge on any atom is 0.238 e. The number of hydrogen-bond donors (Lipinski definition) is 2. The molecule has 0 aromatic heterocycles. The number of Topliss-reactive ketones (excluding diaryl/α,β-unsaturated/α-hetero) is 1. The van der Waals surface area contributed by atoms with Gasteiger partial charge in [0.2, 0.25) is 11.8 Å². The standard InChI is InChI=1S/C23H29N3O4/c1-4-26(15-22(28)24-19-11-8-12-20(14-19)30-3)16-23(29)25-21(17(2)27)13-18-9-6-5-7-10-18/h5-12,14,21H,4,13,15-16H2,1-3H3,(H,24,28)(H,25,29). The lowest BCUT2D eigenvalue weighted by Crippen LogP contribution is -2.47. The summed E-state index contributed by atoms with van der Waals surface area (Å²) in [7, 11) is 1.56. The number of carbonyl (C=O) groups is 3. The number of anilines is 1. The number of rotatable bonds is 11. The molecule has 1 atom stereocenters. The van der Waals surface area contributed by atoms with E-state index < -0.39 is 6.04 Å². The van der Waals surface area contributed by atoms with E-state index in [2.05, 4.69) is 10.6 Å². The summed E-state index contributed by atoms with van der Waals surface area (Å²) in [5.74, 6) is 0.0201. The molecule has 160 valence electrons. The lowest BCUT2D eigenvalue weighted by molar-refractivity contribution is -0.128. The van der Waals surface area contributed by atoms with Crippen LogP contribution < -0.4 is 15.4 Å². The number of nitrogens with zero attached hydrogens (tertiary/aromatic N) is 1. The third-order valence-electron chi connectivity index (χ3n) is 4.64. The highest BCUT2D eigenvalue weighted by Gasteiger charge is 2.20. The fourth-order valence-corrected chi connectivity index (χ4v) is 2.97. The summed E-state index contributed by atoms with van der Waals surface area (Å²) in [4.78, 5) is 38.5. The third-order valence-corrected chi connectivity index (χ3v) is 4.64. The van der Waals surface area contributed by atoms with Crippen molar-refractivity contribution in [1.82, 2.24) is 10.2 Å². The highest BCUT2D eigenvalue weighted by molar-refractivity contribution is 5.93. The minimum absolute atomic E-state index is 0.0284. The molecular weight excluding hydrogens is 382 g/mol. The first kappa shape index (κ1) is 23.1. The van der Waals surface area contributed by atoms with Crippen molar-refractivity contribution in [3.63, 3.8) is 0 Å². The van der Waals surface area contributed by atoms with Gasteiger partial charge in [-0.2, -0.15) is 0 Å². The molecule has 7 nitrogen and oxygen atoms in total. The van der Waals surface area contributed by atoms with Crippen LogP contribution in [0.3, 0.4) is 0 Å². The fraction of sp³-hybridized carbons (Fsp3) is 0.348. The smallest absolute Gasteiger partial charge is 0.238 e. The molecule has 2 amide bonds. The lowest BCUT2D eigenvalue weighted by Gasteiger charge is -2.22. The van der Waals surface area contributed by atoms with E-state index >= 15 is 0 Å². The summed E-state index contributed by atoms with van der Waals surface area (Å²) < 4.78 is 5.15. The summed E-state index contributed by atoms with van der Waals surface area (Å²) in [5, 5.41) is 5.59. The number of methoxy groups -OCH3 is 1. The highest BCUT2D eigenvalue weighted by Crippen LogP contribution is 2.16. The van der Waals surface area contributed by atoms with Crippen LogP contribution in [0.5, 0.6) is 5.75 Å². The molecule has 0 aliphatic rings. The van der Waals surface area contributed by atoms with Crippen molar-refractivity contribution in [2.45, 2.75) is 26.3 Å². The van der Waals surface area contributed by atoms with Crippen molar-refractivity contribution in [3.8, 4) is 5.75 Å². The molecule has 2 aromatic carbocycles. The Morgan fingerprint density at radius 3 is 2.33 bits per heavy atom. The second-order valence-electron chi connectivity index (χ2n) is 7.00. The molecule has 2 aromatic rings. The highest BCUT2D eigenvalue weighted by atomic mass is 16.5. The Balaban J connectivity index is 1.89. The SMILES string of the molecule is CCN(CC(=O)Nc1cccc(OC)c1)CC(=O)NC(Cc1ccccc1)C(C)=O.